The molecule has 118 valence electrons. The van der Waals surface area contributed by atoms with Gasteiger partial charge in [-0.3, -0.25) is 4.79 Å². The fourth-order valence-electron chi connectivity index (χ4n) is 1.41. The zero-order valence-electron chi connectivity index (χ0n) is 11.3. The molecule has 0 heterocycles. The highest BCUT2D eigenvalue weighted by Gasteiger charge is 2.63. The Morgan fingerprint density at radius 3 is 2.24 bits per heavy atom. The molecule has 0 radical (unpaired) electrons. The predicted octanol–water partition coefficient (Wildman–Crippen LogP) is 2.79. The van der Waals surface area contributed by atoms with Crippen molar-refractivity contribution < 1.29 is 35.7 Å². The number of halogens is 5. The van der Waals surface area contributed by atoms with Crippen LogP contribution in [0.2, 0.25) is 6.55 Å². The Labute approximate surface area is 118 Å². The summed E-state index contributed by atoms with van der Waals surface area (Å²) in [6.45, 7) is 0.814. The summed E-state index contributed by atoms with van der Waals surface area (Å²) in [4.78, 5) is 11.6. The van der Waals surface area contributed by atoms with Gasteiger partial charge in [0.1, 0.15) is 0 Å². The smallest absolute Gasteiger partial charge is 0.393 e. The standard InChI is InChI=1S/C11H12F5NO3Si/c1-19-21(3,20-2)11(14,15)17(16)10(18)7-5-4-6-8(12)9(7)13/h4-6H,1-3H3. The van der Waals surface area contributed by atoms with Gasteiger partial charge in [0.2, 0.25) is 0 Å². The van der Waals surface area contributed by atoms with Crippen molar-refractivity contribution in [3.63, 3.8) is 0 Å². The summed E-state index contributed by atoms with van der Waals surface area (Å²) in [6, 6.07) is 2.23. The average molecular weight is 329 g/mol. The first-order valence-electron chi connectivity index (χ1n) is 5.55. The third-order valence-electron chi connectivity index (χ3n) is 2.93. The lowest BCUT2D eigenvalue weighted by molar-refractivity contribution is -0.172. The van der Waals surface area contributed by atoms with Gasteiger partial charge in [-0.15, -0.1) is 5.12 Å². The summed E-state index contributed by atoms with van der Waals surface area (Å²) in [5, 5.41) is -1.50. The maximum absolute atomic E-state index is 14.0. The summed E-state index contributed by atoms with van der Waals surface area (Å²) in [5.41, 5.74) is -5.62. The van der Waals surface area contributed by atoms with E-state index < -0.39 is 42.5 Å². The van der Waals surface area contributed by atoms with Gasteiger partial charge in [0.05, 0.1) is 5.56 Å². The van der Waals surface area contributed by atoms with Crippen molar-refractivity contribution >= 4 is 14.5 Å². The molecule has 0 aromatic heterocycles. The molecule has 0 unspecified atom stereocenters. The minimum absolute atomic E-state index is 0.663. The van der Waals surface area contributed by atoms with Crippen molar-refractivity contribution in [1.29, 1.82) is 0 Å². The average Bonchev–Trinajstić information content (AvgIpc) is 2.47. The molecule has 21 heavy (non-hydrogen) atoms. The first kappa shape index (κ1) is 17.5. The van der Waals surface area contributed by atoms with Gasteiger partial charge in [-0.1, -0.05) is 10.5 Å². The second-order valence-electron chi connectivity index (χ2n) is 4.08. The first-order valence-corrected chi connectivity index (χ1v) is 7.86. The van der Waals surface area contributed by atoms with E-state index in [-0.39, 0.29) is 0 Å². The number of rotatable bonds is 5. The number of alkyl halides is 2. The minimum atomic E-state index is -4.45. The molecule has 1 rings (SSSR count). The molecule has 0 aliphatic carbocycles. The molecular weight excluding hydrogens is 317 g/mol. The molecule has 0 atom stereocenters. The van der Waals surface area contributed by atoms with Crippen LogP contribution in [-0.2, 0) is 8.85 Å². The highest BCUT2D eigenvalue weighted by atomic mass is 28.4. The number of carbonyl (C=O) groups excluding carboxylic acids is 1. The number of nitrogens with zero attached hydrogens (tertiary/aromatic N) is 1. The Balaban J connectivity index is 3.21. The van der Waals surface area contributed by atoms with Crippen LogP contribution in [0.5, 0.6) is 0 Å². The predicted molar refractivity (Wildman–Crippen MR) is 64.2 cm³/mol. The first-order chi connectivity index (χ1) is 9.62. The van der Waals surface area contributed by atoms with Crippen molar-refractivity contribution in [2.75, 3.05) is 14.2 Å². The van der Waals surface area contributed by atoms with Gasteiger partial charge in [-0.05, 0) is 18.7 Å². The highest BCUT2D eigenvalue weighted by Crippen LogP contribution is 2.34. The second kappa shape index (κ2) is 6.08. The quantitative estimate of drug-likeness (QED) is 0.361. The third-order valence-corrected chi connectivity index (χ3v) is 5.78. The van der Waals surface area contributed by atoms with E-state index in [2.05, 4.69) is 8.85 Å². The second-order valence-corrected chi connectivity index (χ2v) is 7.39. The van der Waals surface area contributed by atoms with Gasteiger partial charge in [0.15, 0.2) is 11.6 Å². The van der Waals surface area contributed by atoms with Crippen molar-refractivity contribution in [3.8, 4) is 0 Å². The molecule has 0 N–H and O–H groups in total. The maximum atomic E-state index is 14.0. The molecule has 1 aromatic rings. The van der Waals surface area contributed by atoms with E-state index in [9.17, 15) is 26.8 Å². The van der Waals surface area contributed by atoms with Crippen molar-refractivity contribution in [3.05, 3.63) is 35.4 Å². The lowest BCUT2D eigenvalue weighted by atomic mass is 10.2. The SMILES string of the molecule is CO[Si](C)(OC)C(F)(F)N(F)C(=O)c1cccc(F)c1F. The van der Waals surface area contributed by atoms with E-state index in [4.69, 9.17) is 0 Å². The minimum Gasteiger partial charge on any atom is -0.393 e. The van der Waals surface area contributed by atoms with Crippen LogP contribution in [0.15, 0.2) is 18.2 Å². The van der Waals surface area contributed by atoms with Crippen LogP contribution in [-0.4, -0.2) is 39.5 Å². The van der Waals surface area contributed by atoms with Crippen LogP contribution in [0.1, 0.15) is 10.4 Å². The summed E-state index contributed by atoms with van der Waals surface area (Å²) < 4.78 is 77.0. The van der Waals surface area contributed by atoms with Gasteiger partial charge >= 0.3 is 14.2 Å². The fourth-order valence-corrected chi connectivity index (χ4v) is 2.53. The van der Waals surface area contributed by atoms with Crippen molar-refractivity contribution in [1.82, 2.24) is 5.12 Å². The topological polar surface area (TPSA) is 38.8 Å². The van der Waals surface area contributed by atoms with E-state index >= 15 is 0 Å². The summed E-state index contributed by atoms with van der Waals surface area (Å²) in [7, 11) is -2.70. The number of hydrogen-bond acceptors (Lipinski definition) is 3. The van der Waals surface area contributed by atoms with Gasteiger partial charge in [-0.2, -0.15) is 8.78 Å². The molecule has 1 aromatic carbocycles. The number of hydrogen-bond donors (Lipinski definition) is 0. The molecule has 10 heteroatoms. The molecule has 0 aliphatic rings. The molecule has 0 fully saturated rings. The molecule has 4 nitrogen and oxygen atoms in total. The van der Waals surface area contributed by atoms with Crippen LogP contribution in [0.25, 0.3) is 0 Å². The largest absolute Gasteiger partial charge is 0.442 e. The van der Waals surface area contributed by atoms with Crippen LogP contribution in [0.4, 0.5) is 22.0 Å². The zero-order chi connectivity index (χ0) is 16.4. The molecular formula is C11H12F5NO3Si. The monoisotopic (exact) mass is 329 g/mol. The van der Waals surface area contributed by atoms with E-state index in [0.717, 1.165) is 26.8 Å². The lowest BCUT2D eigenvalue weighted by Gasteiger charge is -2.33. The molecule has 0 aliphatic heterocycles. The van der Waals surface area contributed by atoms with Crippen molar-refractivity contribution in [2.45, 2.75) is 12.2 Å². The van der Waals surface area contributed by atoms with Crippen LogP contribution < -0.4 is 0 Å². The van der Waals surface area contributed by atoms with Gasteiger partial charge in [0, 0.05) is 14.2 Å². The van der Waals surface area contributed by atoms with E-state index in [1.54, 1.807) is 0 Å². The number of amides is 1. The molecule has 0 saturated heterocycles. The summed E-state index contributed by atoms with van der Waals surface area (Å²) >= 11 is 0. The Morgan fingerprint density at radius 2 is 1.76 bits per heavy atom. The molecule has 1 amide bonds. The lowest BCUT2D eigenvalue weighted by Crippen LogP contribution is -2.62. The molecule has 0 saturated carbocycles. The van der Waals surface area contributed by atoms with Crippen LogP contribution in [0, 0.1) is 11.6 Å². The van der Waals surface area contributed by atoms with Crippen molar-refractivity contribution in [2.24, 2.45) is 0 Å². The summed E-state index contributed by atoms with van der Waals surface area (Å²) in [6.07, 6.45) is 0. The maximum Gasteiger partial charge on any atom is 0.442 e. The Kier molecular flexibility index (Phi) is 5.07. The highest BCUT2D eigenvalue weighted by molar-refractivity contribution is 6.68. The molecule has 0 bridgehead atoms. The third kappa shape index (κ3) is 2.92. The van der Waals surface area contributed by atoms with E-state index in [0.29, 0.717) is 12.1 Å². The number of carbonyl (C=O) groups is 1. The Bertz CT molecular complexity index is 539. The Hall–Kier alpha value is -1.52. The molecule has 0 spiro atoms. The van der Waals surface area contributed by atoms with E-state index in [1.807, 2.05) is 0 Å². The summed E-state index contributed by atoms with van der Waals surface area (Å²) in [5.74, 6) is -5.22. The number of benzene rings is 1. The fraction of sp³-hybridized carbons (Fsp3) is 0.364. The zero-order valence-corrected chi connectivity index (χ0v) is 12.3. The van der Waals surface area contributed by atoms with Crippen LogP contribution >= 0.6 is 0 Å². The van der Waals surface area contributed by atoms with Gasteiger partial charge in [-0.25, -0.2) is 8.78 Å². The van der Waals surface area contributed by atoms with Crippen LogP contribution in [0.3, 0.4) is 0 Å². The van der Waals surface area contributed by atoms with Gasteiger partial charge < -0.3 is 8.85 Å². The Morgan fingerprint density at radius 1 is 1.24 bits per heavy atom. The van der Waals surface area contributed by atoms with Gasteiger partial charge in [0.25, 0.3) is 5.91 Å². The van der Waals surface area contributed by atoms with E-state index in [1.165, 1.54) is 0 Å². The normalized spacial score (nSPS) is 12.4.